The van der Waals surface area contributed by atoms with E-state index in [9.17, 15) is 4.79 Å². The predicted octanol–water partition coefficient (Wildman–Crippen LogP) is 3.21. The van der Waals surface area contributed by atoms with E-state index < -0.39 is 0 Å². The quantitative estimate of drug-likeness (QED) is 0.765. The normalized spacial score (nSPS) is 17.2. The fourth-order valence-corrected chi connectivity index (χ4v) is 3.95. The molecular weight excluding hydrogens is 334 g/mol. The molecule has 3 aromatic rings. The predicted molar refractivity (Wildman–Crippen MR) is 98.9 cm³/mol. The Balaban J connectivity index is 1.46. The van der Waals surface area contributed by atoms with E-state index in [2.05, 4.69) is 41.5 Å². The lowest BCUT2D eigenvalue weighted by Gasteiger charge is -2.10. The summed E-state index contributed by atoms with van der Waals surface area (Å²) in [6.45, 7) is 3.48. The molecule has 0 radical (unpaired) electrons. The summed E-state index contributed by atoms with van der Waals surface area (Å²) in [7, 11) is 0. The van der Waals surface area contributed by atoms with Crippen LogP contribution in [0.2, 0.25) is 0 Å². The number of fused-ring (bicyclic) bond motifs is 1. The minimum Gasteiger partial charge on any atom is -0.376 e. The minimum absolute atomic E-state index is 0.0285. The number of benzene rings is 1. The fourth-order valence-electron chi connectivity index (χ4n) is 3.08. The first kappa shape index (κ1) is 16.3. The van der Waals surface area contributed by atoms with Gasteiger partial charge in [-0.15, -0.1) is 11.3 Å². The largest absolute Gasteiger partial charge is 0.376 e. The third-order valence-electron chi connectivity index (χ3n) is 4.52. The van der Waals surface area contributed by atoms with Crippen LogP contribution >= 0.6 is 11.3 Å². The van der Waals surface area contributed by atoms with Crippen molar-refractivity contribution in [1.29, 1.82) is 0 Å². The van der Waals surface area contributed by atoms with E-state index in [1.54, 1.807) is 11.3 Å². The van der Waals surface area contributed by atoms with Crippen LogP contribution in [0.3, 0.4) is 0 Å². The first-order chi connectivity index (χ1) is 12.2. The van der Waals surface area contributed by atoms with Crippen LogP contribution in [0, 0.1) is 6.92 Å². The zero-order valence-electron chi connectivity index (χ0n) is 14.2. The van der Waals surface area contributed by atoms with Gasteiger partial charge < -0.3 is 10.1 Å². The molecule has 1 N–H and O–H groups in total. The second kappa shape index (κ2) is 6.98. The van der Waals surface area contributed by atoms with Crippen molar-refractivity contribution in [2.75, 3.05) is 13.2 Å². The van der Waals surface area contributed by atoms with Crippen molar-refractivity contribution in [1.82, 2.24) is 14.7 Å². The van der Waals surface area contributed by atoms with Gasteiger partial charge in [-0.2, -0.15) is 0 Å². The maximum absolute atomic E-state index is 12.2. The van der Waals surface area contributed by atoms with Gasteiger partial charge in [0.1, 0.15) is 0 Å². The molecule has 6 heteroatoms. The molecule has 4 rings (SSSR count). The summed E-state index contributed by atoms with van der Waals surface area (Å²) in [5, 5.41) is 4.99. The molecule has 2 aromatic heterocycles. The van der Waals surface area contributed by atoms with Crippen molar-refractivity contribution in [2.45, 2.75) is 32.3 Å². The van der Waals surface area contributed by atoms with E-state index in [0.29, 0.717) is 13.0 Å². The molecule has 130 valence electrons. The Morgan fingerprint density at radius 3 is 3.00 bits per heavy atom. The molecule has 1 atom stereocenters. The number of amides is 1. The van der Waals surface area contributed by atoms with Crippen molar-refractivity contribution in [3.8, 4) is 11.3 Å². The van der Waals surface area contributed by atoms with Gasteiger partial charge in [-0.05, 0) is 19.8 Å². The lowest BCUT2D eigenvalue weighted by molar-refractivity contribution is -0.121. The third kappa shape index (κ3) is 3.60. The summed E-state index contributed by atoms with van der Waals surface area (Å²) in [6, 6.07) is 8.33. The molecule has 1 amide bonds. The maximum atomic E-state index is 12.2. The van der Waals surface area contributed by atoms with Gasteiger partial charge in [-0.1, -0.05) is 29.8 Å². The second-order valence-electron chi connectivity index (χ2n) is 6.49. The average Bonchev–Trinajstić information content (AvgIpc) is 3.32. The number of ether oxygens (including phenoxy) is 1. The monoisotopic (exact) mass is 355 g/mol. The number of nitrogens with zero attached hydrogens (tertiary/aromatic N) is 2. The summed E-state index contributed by atoms with van der Waals surface area (Å²) < 4.78 is 7.56. The van der Waals surface area contributed by atoms with E-state index in [0.717, 1.165) is 41.4 Å². The highest BCUT2D eigenvalue weighted by atomic mass is 32.1. The SMILES string of the molecule is Cc1ccc(-c2cn3c(CC(=O)NCC4CCCO4)csc3n2)cc1. The van der Waals surface area contributed by atoms with Crippen LogP contribution in [-0.4, -0.2) is 34.5 Å². The first-order valence-electron chi connectivity index (χ1n) is 8.60. The molecule has 0 bridgehead atoms. The van der Waals surface area contributed by atoms with E-state index in [1.165, 1.54) is 5.56 Å². The van der Waals surface area contributed by atoms with E-state index in [1.807, 2.05) is 16.0 Å². The van der Waals surface area contributed by atoms with Crippen molar-refractivity contribution < 1.29 is 9.53 Å². The zero-order chi connectivity index (χ0) is 17.2. The average molecular weight is 355 g/mol. The lowest BCUT2D eigenvalue weighted by atomic mass is 10.1. The fraction of sp³-hybridized carbons (Fsp3) is 0.368. The Labute approximate surface area is 150 Å². The van der Waals surface area contributed by atoms with Gasteiger partial charge in [-0.25, -0.2) is 4.98 Å². The number of imidazole rings is 1. The molecule has 0 aliphatic carbocycles. The highest BCUT2D eigenvalue weighted by Crippen LogP contribution is 2.24. The molecule has 1 saturated heterocycles. The van der Waals surface area contributed by atoms with Crippen molar-refractivity contribution >= 4 is 22.2 Å². The molecule has 5 nitrogen and oxygen atoms in total. The molecule has 1 aliphatic heterocycles. The summed E-state index contributed by atoms with van der Waals surface area (Å²) in [5.41, 5.74) is 4.23. The van der Waals surface area contributed by atoms with Crippen LogP contribution in [0.1, 0.15) is 24.1 Å². The number of hydrogen-bond donors (Lipinski definition) is 1. The Morgan fingerprint density at radius 1 is 1.40 bits per heavy atom. The standard InChI is InChI=1S/C19H21N3O2S/c1-13-4-6-14(7-5-13)17-11-22-15(12-25-19(22)21-17)9-18(23)20-10-16-3-2-8-24-16/h4-7,11-12,16H,2-3,8-10H2,1H3,(H,20,23). The summed E-state index contributed by atoms with van der Waals surface area (Å²) in [6.07, 6.45) is 4.66. The van der Waals surface area contributed by atoms with Gasteiger partial charge in [0.2, 0.25) is 5.91 Å². The summed E-state index contributed by atoms with van der Waals surface area (Å²) in [5.74, 6) is 0.0285. The van der Waals surface area contributed by atoms with Crippen LogP contribution in [0.15, 0.2) is 35.8 Å². The molecule has 1 aromatic carbocycles. The lowest BCUT2D eigenvalue weighted by Crippen LogP contribution is -2.32. The summed E-state index contributed by atoms with van der Waals surface area (Å²) in [4.78, 5) is 17.8. The van der Waals surface area contributed by atoms with E-state index in [4.69, 9.17) is 4.74 Å². The Bertz CT molecular complexity index is 876. The van der Waals surface area contributed by atoms with Crippen molar-refractivity contribution in [3.05, 3.63) is 47.1 Å². The number of hydrogen-bond acceptors (Lipinski definition) is 4. The smallest absolute Gasteiger partial charge is 0.226 e. The maximum Gasteiger partial charge on any atom is 0.226 e. The van der Waals surface area contributed by atoms with Gasteiger partial charge >= 0.3 is 0 Å². The number of carbonyl (C=O) groups is 1. The molecule has 1 aliphatic rings. The number of aryl methyl sites for hydroxylation is 1. The van der Waals surface area contributed by atoms with Crippen molar-refractivity contribution in [3.63, 3.8) is 0 Å². The van der Waals surface area contributed by atoms with Crippen LogP contribution < -0.4 is 5.32 Å². The molecule has 1 fully saturated rings. The second-order valence-corrected chi connectivity index (χ2v) is 7.32. The number of carbonyl (C=O) groups excluding carboxylic acids is 1. The molecular formula is C19H21N3O2S. The number of thiazole rings is 1. The Kier molecular flexibility index (Phi) is 4.55. The Hall–Kier alpha value is -2.18. The van der Waals surface area contributed by atoms with Gasteiger partial charge in [0.15, 0.2) is 4.96 Å². The highest BCUT2D eigenvalue weighted by molar-refractivity contribution is 7.15. The van der Waals surface area contributed by atoms with Gasteiger partial charge in [-0.3, -0.25) is 9.20 Å². The number of rotatable bonds is 5. The minimum atomic E-state index is 0.0285. The van der Waals surface area contributed by atoms with E-state index >= 15 is 0 Å². The molecule has 25 heavy (non-hydrogen) atoms. The zero-order valence-corrected chi connectivity index (χ0v) is 15.0. The van der Waals surface area contributed by atoms with Gasteiger partial charge in [0.05, 0.1) is 18.2 Å². The number of nitrogens with one attached hydrogen (secondary N) is 1. The molecule has 0 saturated carbocycles. The van der Waals surface area contributed by atoms with Gasteiger partial charge in [0.25, 0.3) is 0 Å². The van der Waals surface area contributed by atoms with Crippen LogP contribution in [0.5, 0.6) is 0 Å². The molecule has 0 spiro atoms. The highest BCUT2D eigenvalue weighted by Gasteiger charge is 2.17. The topological polar surface area (TPSA) is 55.6 Å². The summed E-state index contributed by atoms with van der Waals surface area (Å²) >= 11 is 1.57. The van der Waals surface area contributed by atoms with Crippen molar-refractivity contribution in [2.24, 2.45) is 0 Å². The molecule has 1 unspecified atom stereocenters. The molecule has 3 heterocycles. The van der Waals surface area contributed by atoms with Crippen LogP contribution in [0.4, 0.5) is 0 Å². The number of aromatic nitrogens is 2. The Morgan fingerprint density at radius 2 is 2.24 bits per heavy atom. The van der Waals surface area contributed by atoms with Gasteiger partial charge in [0, 0.05) is 36.0 Å². The first-order valence-corrected chi connectivity index (χ1v) is 9.48. The van der Waals surface area contributed by atoms with Crippen LogP contribution in [-0.2, 0) is 16.0 Å². The van der Waals surface area contributed by atoms with Crippen LogP contribution in [0.25, 0.3) is 16.2 Å². The van der Waals surface area contributed by atoms with E-state index in [-0.39, 0.29) is 12.0 Å². The third-order valence-corrected chi connectivity index (χ3v) is 5.41.